The van der Waals surface area contributed by atoms with Crippen LogP contribution in [0.2, 0.25) is 0 Å². The molecule has 5 nitrogen and oxygen atoms in total. The molecule has 25 heavy (non-hydrogen) atoms. The van der Waals surface area contributed by atoms with Gasteiger partial charge in [-0.1, -0.05) is 35.9 Å². The molecular weight excluding hydrogens is 356 g/mol. The predicted octanol–water partition coefficient (Wildman–Crippen LogP) is 2.77. The van der Waals surface area contributed by atoms with Gasteiger partial charge in [0.25, 0.3) is 10.0 Å². The van der Waals surface area contributed by atoms with E-state index < -0.39 is 10.0 Å². The van der Waals surface area contributed by atoms with Crippen LogP contribution in [0, 0.1) is 12.8 Å². The molecule has 1 N–H and O–H groups in total. The van der Waals surface area contributed by atoms with Gasteiger partial charge in [-0.15, -0.1) is 11.3 Å². The van der Waals surface area contributed by atoms with E-state index in [1.807, 2.05) is 31.2 Å². The second kappa shape index (κ2) is 7.68. The van der Waals surface area contributed by atoms with E-state index in [9.17, 15) is 13.2 Å². The molecule has 134 valence electrons. The Morgan fingerprint density at radius 3 is 2.72 bits per heavy atom. The summed E-state index contributed by atoms with van der Waals surface area (Å²) in [5, 5.41) is 4.69. The minimum atomic E-state index is -3.49. The number of hydrogen-bond acceptors (Lipinski definition) is 4. The van der Waals surface area contributed by atoms with Gasteiger partial charge in [-0.25, -0.2) is 8.42 Å². The van der Waals surface area contributed by atoms with Crippen molar-refractivity contribution < 1.29 is 13.2 Å². The summed E-state index contributed by atoms with van der Waals surface area (Å²) in [5.74, 6) is -0.374. The number of piperidine rings is 1. The van der Waals surface area contributed by atoms with Crippen LogP contribution in [0.1, 0.15) is 24.0 Å². The predicted molar refractivity (Wildman–Crippen MR) is 98.8 cm³/mol. The minimum absolute atomic E-state index is 0.0772. The minimum Gasteiger partial charge on any atom is -0.352 e. The summed E-state index contributed by atoms with van der Waals surface area (Å²) in [5.41, 5.74) is 2.22. The second-order valence-electron chi connectivity index (χ2n) is 6.34. The van der Waals surface area contributed by atoms with Crippen LogP contribution in [0.25, 0.3) is 0 Å². The molecule has 1 amide bonds. The highest BCUT2D eigenvalue weighted by Gasteiger charge is 2.33. The molecule has 0 spiro atoms. The highest BCUT2D eigenvalue weighted by molar-refractivity contribution is 7.91. The average molecular weight is 379 g/mol. The summed E-state index contributed by atoms with van der Waals surface area (Å²) in [6, 6.07) is 11.3. The molecule has 1 saturated heterocycles. The Bertz CT molecular complexity index is 815. The molecule has 0 unspecified atom stereocenters. The number of sulfonamides is 1. The van der Waals surface area contributed by atoms with E-state index in [0.717, 1.165) is 12.0 Å². The van der Waals surface area contributed by atoms with Crippen LogP contribution in [-0.2, 0) is 21.4 Å². The van der Waals surface area contributed by atoms with Gasteiger partial charge in [0.2, 0.25) is 5.91 Å². The number of benzene rings is 1. The van der Waals surface area contributed by atoms with Crippen molar-refractivity contribution in [3.63, 3.8) is 0 Å². The Hall–Kier alpha value is -1.70. The van der Waals surface area contributed by atoms with Crippen LogP contribution < -0.4 is 5.32 Å². The van der Waals surface area contributed by atoms with Gasteiger partial charge in [0.05, 0.1) is 5.92 Å². The topological polar surface area (TPSA) is 66.5 Å². The van der Waals surface area contributed by atoms with Crippen LogP contribution in [0.3, 0.4) is 0 Å². The third-order valence-corrected chi connectivity index (χ3v) is 7.67. The fourth-order valence-corrected chi connectivity index (χ4v) is 5.62. The SMILES string of the molecule is Cc1ccc(CNC(=O)[C@@H]2CCCN(S(=O)(=O)c3cccs3)C2)cc1. The number of rotatable bonds is 5. The summed E-state index contributed by atoms with van der Waals surface area (Å²) in [7, 11) is -3.49. The van der Waals surface area contributed by atoms with Crippen molar-refractivity contribution in [2.45, 2.75) is 30.5 Å². The van der Waals surface area contributed by atoms with Crippen molar-refractivity contribution in [1.29, 1.82) is 0 Å². The van der Waals surface area contributed by atoms with Gasteiger partial charge < -0.3 is 5.32 Å². The normalized spacial score (nSPS) is 18.8. The fourth-order valence-electron chi connectivity index (χ4n) is 2.95. The zero-order valence-electron chi connectivity index (χ0n) is 14.1. The number of aryl methyl sites for hydroxylation is 1. The lowest BCUT2D eigenvalue weighted by Gasteiger charge is -2.30. The van der Waals surface area contributed by atoms with Crippen LogP contribution in [0.15, 0.2) is 46.0 Å². The summed E-state index contributed by atoms with van der Waals surface area (Å²) in [6.45, 7) is 3.21. The van der Waals surface area contributed by atoms with Crippen LogP contribution >= 0.6 is 11.3 Å². The largest absolute Gasteiger partial charge is 0.352 e. The number of carbonyl (C=O) groups excluding carboxylic acids is 1. The summed E-state index contributed by atoms with van der Waals surface area (Å²) >= 11 is 1.21. The Kier molecular flexibility index (Phi) is 5.56. The van der Waals surface area contributed by atoms with Crippen LogP contribution in [-0.4, -0.2) is 31.7 Å². The molecule has 2 aromatic rings. The molecule has 0 saturated carbocycles. The maximum Gasteiger partial charge on any atom is 0.252 e. The van der Waals surface area contributed by atoms with Crippen molar-refractivity contribution in [2.75, 3.05) is 13.1 Å². The number of carbonyl (C=O) groups is 1. The number of thiophene rings is 1. The van der Waals surface area contributed by atoms with Crippen molar-refractivity contribution in [1.82, 2.24) is 9.62 Å². The molecule has 1 fully saturated rings. The number of nitrogens with one attached hydrogen (secondary N) is 1. The fraction of sp³-hybridized carbons (Fsp3) is 0.389. The molecule has 0 aliphatic carbocycles. The zero-order valence-corrected chi connectivity index (χ0v) is 15.8. The van der Waals surface area contributed by atoms with E-state index in [1.54, 1.807) is 17.5 Å². The smallest absolute Gasteiger partial charge is 0.252 e. The van der Waals surface area contributed by atoms with Gasteiger partial charge in [0, 0.05) is 19.6 Å². The summed E-state index contributed by atoms with van der Waals surface area (Å²) < 4.78 is 27.0. The third kappa shape index (κ3) is 4.29. The van der Waals surface area contributed by atoms with Crippen LogP contribution in [0.4, 0.5) is 0 Å². The van der Waals surface area contributed by atoms with Crippen molar-refractivity contribution in [2.24, 2.45) is 5.92 Å². The maximum absolute atomic E-state index is 12.6. The van der Waals surface area contributed by atoms with Crippen molar-refractivity contribution in [3.8, 4) is 0 Å². The second-order valence-corrected chi connectivity index (χ2v) is 9.45. The van der Waals surface area contributed by atoms with Gasteiger partial charge in [0.1, 0.15) is 4.21 Å². The number of nitrogens with zero attached hydrogens (tertiary/aromatic N) is 1. The van der Waals surface area contributed by atoms with Gasteiger partial charge in [-0.3, -0.25) is 4.79 Å². The van der Waals surface area contributed by atoms with Crippen molar-refractivity contribution in [3.05, 3.63) is 52.9 Å². The summed E-state index contributed by atoms with van der Waals surface area (Å²) in [6.07, 6.45) is 1.42. The molecule has 1 atom stereocenters. The molecule has 3 rings (SSSR count). The first kappa shape index (κ1) is 18.1. The first-order valence-electron chi connectivity index (χ1n) is 8.34. The highest BCUT2D eigenvalue weighted by Crippen LogP contribution is 2.26. The molecule has 1 aromatic heterocycles. The third-order valence-electron chi connectivity index (χ3n) is 4.43. The van der Waals surface area contributed by atoms with Gasteiger partial charge in [0.15, 0.2) is 0 Å². The van der Waals surface area contributed by atoms with Gasteiger partial charge in [-0.05, 0) is 36.8 Å². The van der Waals surface area contributed by atoms with Crippen LogP contribution in [0.5, 0.6) is 0 Å². The molecule has 1 aliphatic rings. The quantitative estimate of drug-likeness (QED) is 0.870. The lowest BCUT2D eigenvalue weighted by Crippen LogP contribution is -2.45. The first-order chi connectivity index (χ1) is 12.0. The lowest BCUT2D eigenvalue weighted by molar-refractivity contribution is -0.126. The van der Waals surface area contributed by atoms with E-state index in [0.29, 0.717) is 23.7 Å². The molecule has 0 radical (unpaired) electrons. The molecule has 0 bridgehead atoms. The van der Waals surface area contributed by atoms with E-state index in [1.165, 1.54) is 21.2 Å². The Morgan fingerprint density at radius 2 is 2.04 bits per heavy atom. The Balaban J connectivity index is 1.61. The Labute approximate surface area is 152 Å². The monoisotopic (exact) mass is 378 g/mol. The van der Waals surface area contributed by atoms with E-state index in [2.05, 4.69) is 5.32 Å². The van der Waals surface area contributed by atoms with Gasteiger partial charge >= 0.3 is 0 Å². The van der Waals surface area contributed by atoms with E-state index >= 15 is 0 Å². The van der Waals surface area contributed by atoms with E-state index in [-0.39, 0.29) is 18.4 Å². The van der Waals surface area contributed by atoms with Crippen molar-refractivity contribution >= 4 is 27.3 Å². The molecule has 7 heteroatoms. The first-order valence-corrected chi connectivity index (χ1v) is 10.7. The lowest BCUT2D eigenvalue weighted by atomic mass is 9.98. The number of amides is 1. The molecule has 1 aliphatic heterocycles. The summed E-state index contributed by atoms with van der Waals surface area (Å²) in [4.78, 5) is 12.5. The van der Waals surface area contributed by atoms with Gasteiger partial charge in [-0.2, -0.15) is 4.31 Å². The highest BCUT2D eigenvalue weighted by atomic mass is 32.2. The molecular formula is C18H22N2O3S2. The maximum atomic E-state index is 12.6. The average Bonchev–Trinajstić information content (AvgIpc) is 3.16. The molecule has 1 aromatic carbocycles. The zero-order chi connectivity index (χ0) is 17.9. The van der Waals surface area contributed by atoms with E-state index in [4.69, 9.17) is 0 Å². The standard InChI is InChI=1S/C18H22N2O3S2/c1-14-6-8-15(9-7-14)12-19-18(21)16-4-2-10-20(13-16)25(22,23)17-5-3-11-24-17/h3,5-9,11,16H,2,4,10,12-13H2,1H3,(H,19,21)/t16-/m1/s1. The molecule has 2 heterocycles. The Morgan fingerprint density at radius 1 is 1.28 bits per heavy atom. The number of hydrogen-bond donors (Lipinski definition) is 1.